The summed E-state index contributed by atoms with van der Waals surface area (Å²) in [6.45, 7) is 7.51. The summed E-state index contributed by atoms with van der Waals surface area (Å²) >= 11 is 0. The normalized spacial score (nSPS) is 17.2. The van der Waals surface area contributed by atoms with Gasteiger partial charge in [-0.05, 0) is 51.7 Å². The van der Waals surface area contributed by atoms with Crippen LogP contribution in [0.25, 0.3) is 0 Å². The smallest absolute Gasteiger partial charge is 0.0910 e. The Hall–Kier alpha value is -0.860. The third-order valence-electron chi connectivity index (χ3n) is 3.95. The first kappa shape index (κ1) is 12.6. The molecule has 0 spiro atoms. The maximum atomic E-state index is 10.1. The molecule has 0 heterocycles. The van der Waals surface area contributed by atoms with E-state index >= 15 is 0 Å². The molecule has 0 unspecified atom stereocenters. The summed E-state index contributed by atoms with van der Waals surface area (Å²) in [6, 6.07) is 8.47. The quantitative estimate of drug-likeness (QED) is 0.871. The fourth-order valence-electron chi connectivity index (χ4n) is 2.16. The molecule has 0 amide bonds. The van der Waals surface area contributed by atoms with Crippen LogP contribution in [0.2, 0.25) is 0 Å². The summed E-state index contributed by atoms with van der Waals surface area (Å²) in [7, 11) is 0. The lowest BCUT2D eigenvalue weighted by atomic mass is 9.89. The molecule has 1 aliphatic rings. The standard InChI is InChI=1S/C15H22O2/c1-14(2,16)15(3,4)17-13-9-11-7-5-6-8-12(11)10-13/h5-8,13,16H,9-10H2,1-4H3. The second-order valence-electron chi connectivity index (χ2n) is 5.99. The molecule has 0 fully saturated rings. The van der Waals surface area contributed by atoms with Crippen LogP contribution in [0.5, 0.6) is 0 Å². The van der Waals surface area contributed by atoms with Gasteiger partial charge in [0.05, 0.1) is 17.3 Å². The SMILES string of the molecule is CC(C)(O)C(C)(C)OC1Cc2ccccc2C1. The zero-order chi connectivity index (χ0) is 12.7. The van der Waals surface area contributed by atoms with Crippen LogP contribution in [0.15, 0.2) is 24.3 Å². The molecule has 2 nitrogen and oxygen atoms in total. The first-order valence-electron chi connectivity index (χ1n) is 6.26. The third-order valence-corrected chi connectivity index (χ3v) is 3.95. The Morgan fingerprint density at radius 1 is 1.06 bits per heavy atom. The van der Waals surface area contributed by atoms with Crippen molar-refractivity contribution in [2.45, 2.75) is 57.8 Å². The Kier molecular flexibility index (Phi) is 3.04. The fourth-order valence-corrected chi connectivity index (χ4v) is 2.16. The van der Waals surface area contributed by atoms with Crippen molar-refractivity contribution in [2.24, 2.45) is 0 Å². The molecular weight excluding hydrogens is 212 g/mol. The van der Waals surface area contributed by atoms with Crippen LogP contribution in [0.3, 0.4) is 0 Å². The molecular formula is C15H22O2. The maximum absolute atomic E-state index is 10.1. The van der Waals surface area contributed by atoms with Gasteiger partial charge in [0.2, 0.25) is 0 Å². The molecule has 0 saturated heterocycles. The van der Waals surface area contributed by atoms with E-state index in [1.165, 1.54) is 11.1 Å². The number of hydrogen-bond donors (Lipinski definition) is 1. The second-order valence-corrected chi connectivity index (χ2v) is 5.99. The minimum atomic E-state index is -0.832. The molecule has 0 saturated carbocycles. The lowest BCUT2D eigenvalue weighted by Gasteiger charge is -2.39. The lowest BCUT2D eigenvalue weighted by Crippen LogP contribution is -2.49. The van der Waals surface area contributed by atoms with Crippen LogP contribution < -0.4 is 0 Å². The Morgan fingerprint density at radius 3 is 1.94 bits per heavy atom. The highest BCUT2D eigenvalue weighted by Gasteiger charge is 2.39. The molecule has 0 aliphatic heterocycles. The van der Waals surface area contributed by atoms with Gasteiger partial charge in [0.1, 0.15) is 0 Å². The molecule has 2 rings (SSSR count). The lowest BCUT2D eigenvalue weighted by molar-refractivity contribution is -0.171. The maximum Gasteiger partial charge on any atom is 0.0910 e. The highest BCUT2D eigenvalue weighted by molar-refractivity contribution is 5.32. The fraction of sp³-hybridized carbons (Fsp3) is 0.600. The molecule has 1 aromatic carbocycles. The van der Waals surface area contributed by atoms with Gasteiger partial charge < -0.3 is 9.84 Å². The number of hydrogen-bond acceptors (Lipinski definition) is 2. The van der Waals surface area contributed by atoms with Gasteiger partial charge in [-0.2, -0.15) is 0 Å². The van der Waals surface area contributed by atoms with E-state index in [9.17, 15) is 5.11 Å². The first-order chi connectivity index (χ1) is 7.79. The van der Waals surface area contributed by atoms with Crippen molar-refractivity contribution in [1.29, 1.82) is 0 Å². The molecule has 0 radical (unpaired) electrons. The summed E-state index contributed by atoms with van der Waals surface area (Å²) in [6.07, 6.45) is 2.10. The van der Waals surface area contributed by atoms with E-state index in [-0.39, 0.29) is 6.10 Å². The van der Waals surface area contributed by atoms with Crippen LogP contribution in [0, 0.1) is 0 Å². The minimum absolute atomic E-state index is 0.189. The number of rotatable bonds is 3. The van der Waals surface area contributed by atoms with Gasteiger partial charge >= 0.3 is 0 Å². The highest BCUT2D eigenvalue weighted by atomic mass is 16.5. The van der Waals surface area contributed by atoms with Gasteiger partial charge in [0.25, 0.3) is 0 Å². The topological polar surface area (TPSA) is 29.5 Å². The van der Waals surface area contributed by atoms with Gasteiger partial charge in [0, 0.05) is 0 Å². The van der Waals surface area contributed by atoms with E-state index in [4.69, 9.17) is 4.74 Å². The summed E-state index contributed by atoms with van der Waals surface area (Å²) in [4.78, 5) is 0. The summed E-state index contributed by atoms with van der Waals surface area (Å²) < 4.78 is 6.10. The zero-order valence-electron chi connectivity index (χ0n) is 11.2. The largest absolute Gasteiger partial charge is 0.387 e. The molecule has 0 aromatic heterocycles. The van der Waals surface area contributed by atoms with Crippen molar-refractivity contribution in [2.75, 3.05) is 0 Å². The van der Waals surface area contributed by atoms with Gasteiger partial charge in [-0.1, -0.05) is 24.3 Å². The average molecular weight is 234 g/mol. The number of benzene rings is 1. The van der Waals surface area contributed by atoms with E-state index in [0.717, 1.165) is 12.8 Å². The molecule has 0 atom stereocenters. The molecule has 1 N–H and O–H groups in total. The first-order valence-corrected chi connectivity index (χ1v) is 6.26. The minimum Gasteiger partial charge on any atom is -0.387 e. The van der Waals surface area contributed by atoms with Gasteiger partial charge in [-0.25, -0.2) is 0 Å². The van der Waals surface area contributed by atoms with E-state index in [0.29, 0.717) is 0 Å². The summed E-state index contributed by atoms with van der Waals surface area (Å²) in [5, 5.41) is 10.1. The number of fused-ring (bicyclic) bond motifs is 1. The van der Waals surface area contributed by atoms with Gasteiger partial charge in [0.15, 0.2) is 0 Å². The average Bonchev–Trinajstić information content (AvgIpc) is 2.56. The van der Waals surface area contributed by atoms with Crippen molar-refractivity contribution in [1.82, 2.24) is 0 Å². The van der Waals surface area contributed by atoms with Crippen LogP contribution in [0.4, 0.5) is 0 Å². The van der Waals surface area contributed by atoms with Crippen molar-refractivity contribution in [3.8, 4) is 0 Å². The predicted octanol–water partition coefficient (Wildman–Crippen LogP) is 2.72. The predicted molar refractivity (Wildman–Crippen MR) is 69.1 cm³/mol. The highest BCUT2D eigenvalue weighted by Crippen LogP contribution is 2.31. The Labute approximate surface area is 104 Å². The van der Waals surface area contributed by atoms with Crippen LogP contribution in [-0.2, 0) is 17.6 Å². The summed E-state index contributed by atoms with van der Waals surface area (Å²) in [5.74, 6) is 0. The summed E-state index contributed by atoms with van der Waals surface area (Å²) in [5.41, 5.74) is 1.40. The number of ether oxygens (including phenoxy) is 1. The van der Waals surface area contributed by atoms with E-state index in [2.05, 4.69) is 24.3 Å². The monoisotopic (exact) mass is 234 g/mol. The Morgan fingerprint density at radius 2 is 1.53 bits per heavy atom. The van der Waals surface area contributed by atoms with Crippen molar-refractivity contribution >= 4 is 0 Å². The van der Waals surface area contributed by atoms with Crippen molar-refractivity contribution in [3.63, 3.8) is 0 Å². The molecule has 0 bridgehead atoms. The van der Waals surface area contributed by atoms with Crippen LogP contribution in [-0.4, -0.2) is 22.4 Å². The van der Waals surface area contributed by atoms with Crippen molar-refractivity contribution in [3.05, 3.63) is 35.4 Å². The number of aliphatic hydroxyl groups is 1. The molecule has 1 aliphatic carbocycles. The van der Waals surface area contributed by atoms with E-state index in [1.807, 2.05) is 13.8 Å². The van der Waals surface area contributed by atoms with Crippen molar-refractivity contribution < 1.29 is 9.84 Å². The Bertz CT molecular complexity index is 377. The second kappa shape index (κ2) is 4.11. The van der Waals surface area contributed by atoms with Crippen LogP contribution >= 0.6 is 0 Å². The molecule has 94 valence electrons. The van der Waals surface area contributed by atoms with Gasteiger partial charge in [-0.3, -0.25) is 0 Å². The zero-order valence-corrected chi connectivity index (χ0v) is 11.2. The Balaban J connectivity index is 2.05. The molecule has 1 aromatic rings. The van der Waals surface area contributed by atoms with Gasteiger partial charge in [-0.15, -0.1) is 0 Å². The molecule has 2 heteroatoms. The molecule has 17 heavy (non-hydrogen) atoms. The van der Waals surface area contributed by atoms with Crippen LogP contribution in [0.1, 0.15) is 38.8 Å². The van der Waals surface area contributed by atoms with E-state index < -0.39 is 11.2 Å². The third kappa shape index (κ3) is 2.53. The van der Waals surface area contributed by atoms with E-state index in [1.54, 1.807) is 13.8 Å².